The largest absolute Gasteiger partial charge is 0.368 e. The van der Waals surface area contributed by atoms with Crippen LogP contribution in [0.4, 0.5) is 0 Å². The molecule has 0 aliphatic carbocycles. The van der Waals surface area contributed by atoms with Crippen molar-refractivity contribution in [2.24, 2.45) is 0 Å². The highest BCUT2D eigenvalue weighted by Crippen LogP contribution is 2.30. The molecular formula is C10H12O2. The first-order valence-electron chi connectivity index (χ1n) is 4.25. The van der Waals surface area contributed by atoms with Gasteiger partial charge in [-0.15, -0.1) is 0 Å². The van der Waals surface area contributed by atoms with Gasteiger partial charge in [-0.1, -0.05) is 30.3 Å². The first kappa shape index (κ1) is 7.77. The van der Waals surface area contributed by atoms with E-state index in [2.05, 4.69) is 0 Å². The van der Waals surface area contributed by atoms with Crippen molar-refractivity contribution in [2.45, 2.75) is 25.2 Å². The molecule has 1 aliphatic rings. The lowest BCUT2D eigenvalue weighted by Crippen LogP contribution is -2.03. The Morgan fingerprint density at radius 2 is 1.92 bits per heavy atom. The molecule has 1 heterocycles. The summed E-state index contributed by atoms with van der Waals surface area (Å²) in [6.45, 7) is 0. The molecule has 0 amide bonds. The van der Waals surface area contributed by atoms with Crippen LogP contribution >= 0.6 is 0 Å². The fourth-order valence-electron chi connectivity index (χ4n) is 1.53. The van der Waals surface area contributed by atoms with Crippen LogP contribution in [0.5, 0.6) is 0 Å². The van der Waals surface area contributed by atoms with Gasteiger partial charge in [-0.3, -0.25) is 0 Å². The Bertz CT molecular complexity index is 245. The Morgan fingerprint density at radius 1 is 1.17 bits per heavy atom. The molecule has 2 nitrogen and oxygen atoms in total. The zero-order valence-corrected chi connectivity index (χ0v) is 6.81. The van der Waals surface area contributed by atoms with Gasteiger partial charge in [0.1, 0.15) is 0 Å². The summed E-state index contributed by atoms with van der Waals surface area (Å²) in [5, 5.41) is 9.14. The van der Waals surface area contributed by atoms with Gasteiger partial charge < -0.3 is 9.84 Å². The number of aliphatic hydroxyl groups is 1. The summed E-state index contributed by atoms with van der Waals surface area (Å²) in [4.78, 5) is 0. The lowest BCUT2D eigenvalue weighted by molar-refractivity contribution is -0.0913. The van der Waals surface area contributed by atoms with Gasteiger partial charge in [0.25, 0.3) is 0 Å². The number of aliphatic hydroxyl groups excluding tert-OH is 1. The molecule has 1 aromatic carbocycles. The molecular weight excluding hydrogens is 152 g/mol. The normalized spacial score (nSPS) is 29.1. The third-order valence-electron chi connectivity index (χ3n) is 2.17. The number of ether oxygens (including phenoxy) is 1. The predicted molar refractivity (Wildman–Crippen MR) is 45.5 cm³/mol. The maximum atomic E-state index is 9.14. The molecule has 0 spiro atoms. The average Bonchev–Trinajstić information content (AvgIpc) is 2.54. The minimum absolute atomic E-state index is 0.0983. The second-order valence-electron chi connectivity index (χ2n) is 3.07. The van der Waals surface area contributed by atoms with E-state index in [1.54, 1.807) is 0 Å². The zero-order valence-electron chi connectivity index (χ0n) is 6.81. The maximum absolute atomic E-state index is 9.14. The van der Waals surface area contributed by atoms with E-state index < -0.39 is 6.29 Å². The van der Waals surface area contributed by atoms with E-state index in [1.165, 1.54) is 0 Å². The summed E-state index contributed by atoms with van der Waals surface area (Å²) in [6.07, 6.45) is 1.21. The molecule has 1 unspecified atom stereocenters. The Balaban J connectivity index is 2.11. The van der Waals surface area contributed by atoms with Crippen LogP contribution < -0.4 is 0 Å². The van der Waals surface area contributed by atoms with E-state index in [4.69, 9.17) is 9.84 Å². The van der Waals surface area contributed by atoms with Crippen LogP contribution in [0.15, 0.2) is 30.3 Å². The molecule has 12 heavy (non-hydrogen) atoms. The second kappa shape index (κ2) is 3.25. The minimum atomic E-state index is -0.560. The highest BCUT2D eigenvalue weighted by molar-refractivity contribution is 5.18. The summed E-state index contributed by atoms with van der Waals surface area (Å²) in [5.41, 5.74) is 1.16. The van der Waals surface area contributed by atoms with Crippen LogP contribution in [0.25, 0.3) is 0 Å². The molecule has 2 atom stereocenters. The summed E-state index contributed by atoms with van der Waals surface area (Å²) in [5.74, 6) is 0. The fourth-order valence-corrected chi connectivity index (χ4v) is 1.53. The monoisotopic (exact) mass is 164 g/mol. The predicted octanol–water partition coefficient (Wildman–Crippen LogP) is 1.86. The molecule has 1 aromatic rings. The van der Waals surface area contributed by atoms with Crippen molar-refractivity contribution >= 4 is 0 Å². The minimum Gasteiger partial charge on any atom is -0.368 e. The third-order valence-corrected chi connectivity index (χ3v) is 2.17. The Kier molecular flexibility index (Phi) is 2.11. The zero-order chi connectivity index (χ0) is 8.39. The SMILES string of the molecule is OC1CC[C@@H](c2ccccc2)O1. The van der Waals surface area contributed by atoms with E-state index in [0.717, 1.165) is 18.4 Å². The number of hydrogen-bond donors (Lipinski definition) is 1. The van der Waals surface area contributed by atoms with Crippen molar-refractivity contribution in [1.82, 2.24) is 0 Å². The lowest BCUT2D eigenvalue weighted by Gasteiger charge is -2.09. The van der Waals surface area contributed by atoms with Crippen molar-refractivity contribution in [3.63, 3.8) is 0 Å². The molecule has 0 saturated carbocycles. The fraction of sp³-hybridized carbons (Fsp3) is 0.400. The molecule has 2 heteroatoms. The molecule has 0 aromatic heterocycles. The topological polar surface area (TPSA) is 29.5 Å². The standard InChI is InChI=1S/C10H12O2/c11-10-7-6-9(12-10)8-4-2-1-3-5-8/h1-5,9-11H,6-7H2/t9-,10?/m0/s1. The maximum Gasteiger partial charge on any atom is 0.155 e. The van der Waals surface area contributed by atoms with Gasteiger partial charge in [0.05, 0.1) is 6.10 Å². The van der Waals surface area contributed by atoms with Crippen LogP contribution in [-0.4, -0.2) is 11.4 Å². The van der Waals surface area contributed by atoms with Crippen LogP contribution in [0.2, 0.25) is 0 Å². The van der Waals surface area contributed by atoms with Gasteiger partial charge >= 0.3 is 0 Å². The van der Waals surface area contributed by atoms with Gasteiger partial charge in [-0.25, -0.2) is 0 Å². The first-order valence-corrected chi connectivity index (χ1v) is 4.25. The van der Waals surface area contributed by atoms with Crippen LogP contribution in [0.1, 0.15) is 24.5 Å². The number of hydrogen-bond acceptors (Lipinski definition) is 2. The van der Waals surface area contributed by atoms with E-state index in [9.17, 15) is 0 Å². The molecule has 1 aliphatic heterocycles. The highest BCUT2D eigenvalue weighted by Gasteiger charge is 2.23. The molecule has 1 fully saturated rings. The third kappa shape index (κ3) is 1.49. The smallest absolute Gasteiger partial charge is 0.155 e. The van der Waals surface area contributed by atoms with Crippen molar-refractivity contribution in [3.05, 3.63) is 35.9 Å². The van der Waals surface area contributed by atoms with E-state index in [1.807, 2.05) is 30.3 Å². The van der Waals surface area contributed by atoms with Gasteiger partial charge in [0.2, 0.25) is 0 Å². The van der Waals surface area contributed by atoms with Gasteiger partial charge in [0.15, 0.2) is 6.29 Å². The van der Waals surface area contributed by atoms with Crippen LogP contribution in [-0.2, 0) is 4.74 Å². The Hall–Kier alpha value is -0.860. The molecule has 2 rings (SSSR count). The van der Waals surface area contributed by atoms with Crippen LogP contribution in [0, 0.1) is 0 Å². The summed E-state index contributed by atoms with van der Waals surface area (Å²) in [6, 6.07) is 10.0. The molecule has 0 bridgehead atoms. The first-order chi connectivity index (χ1) is 5.86. The molecule has 1 saturated heterocycles. The summed E-state index contributed by atoms with van der Waals surface area (Å²) in [7, 11) is 0. The number of rotatable bonds is 1. The highest BCUT2D eigenvalue weighted by atomic mass is 16.6. The van der Waals surface area contributed by atoms with E-state index in [0.29, 0.717) is 0 Å². The quantitative estimate of drug-likeness (QED) is 0.686. The Morgan fingerprint density at radius 3 is 2.50 bits per heavy atom. The summed E-state index contributed by atoms with van der Waals surface area (Å²) >= 11 is 0. The van der Waals surface area contributed by atoms with Gasteiger partial charge in [0, 0.05) is 6.42 Å². The Labute approximate surface area is 71.8 Å². The lowest BCUT2D eigenvalue weighted by atomic mass is 10.1. The van der Waals surface area contributed by atoms with Gasteiger partial charge in [-0.2, -0.15) is 0 Å². The van der Waals surface area contributed by atoms with Crippen molar-refractivity contribution in [1.29, 1.82) is 0 Å². The molecule has 1 N–H and O–H groups in total. The van der Waals surface area contributed by atoms with E-state index >= 15 is 0 Å². The number of benzene rings is 1. The van der Waals surface area contributed by atoms with E-state index in [-0.39, 0.29) is 6.10 Å². The molecule has 0 radical (unpaired) electrons. The summed E-state index contributed by atoms with van der Waals surface area (Å²) < 4.78 is 5.30. The van der Waals surface area contributed by atoms with Crippen molar-refractivity contribution in [2.75, 3.05) is 0 Å². The van der Waals surface area contributed by atoms with Crippen molar-refractivity contribution in [3.8, 4) is 0 Å². The second-order valence-corrected chi connectivity index (χ2v) is 3.07. The van der Waals surface area contributed by atoms with Crippen LogP contribution in [0.3, 0.4) is 0 Å². The van der Waals surface area contributed by atoms with Crippen molar-refractivity contribution < 1.29 is 9.84 Å². The van der Waals surface area contributed by atoms with Gasteiger partial charge in [-0.05, 0) is 12.0 Å². The molecule has 64 valence electrons. The average molecular weight is 164 g/mol.